The molecule has 0 bridgehead atoms. The van der Waals surface area contributed by atoms with Gasteiger partial charge in [-0.15, -0.1) is 0 Å². The molecule has 3 heteroatoms. The van der Waals surface area contributed by atoms with E-state index in [4.69, 9.17) is 0 Å². The molecule has 0 aliphatic carbocycles. The molecule has 0 aromatic carbocycles. The molecule has 0 amide bonds. The molecule has 0 aliphatic heterocycles. The molecule has 0 aromatic heterocycles. The Morgan fingerprint density at radius 3 is 2.22 bits per heavy atom. The van der Waals surface area contributed by atoms with E-state index in [9.17, 15) is 9.90 Å². The summed E-state index contributed by atoms with van der Waals surface area (Å²) in [6.45, 7) is 4.77. The molecule has 0 heterocycles. The molecule has 0 fully saturated rings. The molecule has 0 saturated carbocycles. The van der Waals surface area contributed by atoms with Gasteiger partial charge >= 0.3 is 51.4 Å². The Kier molecular flexibility index (Phi) is 9.15. The maximum atomic E-state index is 9.86. The van der Waals surface area contributed by atoms with Crippen LogP contribution in [0.1, 0.15) is 6.92 Å². The number of carbonyl (C=O) groups excluding carboxylic acids is 1. The average molecular weight is 150 g/mol. The van der Waals surface area contributed by atoms with Crippen molar-refractivity contribution in [3.63, 3.8) is 0 Å². The summed E-state index contributed by atoms with van der Waals surface area (Å²) in [6.07, 6.45) is 2.79. The molecule has 0 radical (unpaired) electrons. The third-order valence-electron chi connectivity index (χ3n) is 0.690. The minimum absolute atomic E-state index is 0. The van der Waals surface area contributed by atoms with Gasteiger partial charge in [0.05, 0.1) is 5.97 Å². The topological polar surface area (TPSA) is 40.1 Å². The summed E-state index contributed by atoms with van der Waals surface area (Å²) in [6, 6.07) is 0. The zero-order valence-electron chi connectivity index (χ0n) is 5.68. The molecular weight excluding hydrogens is 143 g/mol. The van der Waals surface area contributed by atoms with Gasteiger partial charge in [0.2, 0.25) is 0 Å². The Bertz CT molecular complexity index is 138. The number of rotatable bonds is 2. The molecule has 0 aromatic rings. The van der Waals surface area contributed by atoms with Crippen LogP contribution in [0.15, 0.2) is 24.3 Å². The Hall–Kier alpha value is 0.586. The van der Waals surface area contributed by atoms with E-state index < -0.39 is 5.97 Å². The van der Waals surface area contributed by atoms with Crippen molar-refractivity contribution in [2.75, 3.05) is 0 Å². The number of aliphatic carboxylic acids is 1. The van der Waals surface area contributed by atoms with E-state index in [1.807, 2.05) is 0 Å². The van der Waals surface area contributed by atoms with Crippen LogP contribution in [0.2, 0.25) is 0 Å². The van der Waals surface area contributed by atoms with Gasteiger partial charge in [-0.05, 0) is 12.5 Å². The van der Waals surface area contributed by atoms with E-state index >= 15 is 0 Å². The van der Waals surface area contributed by atoms with Gasteiger partial charge in [0, 0.05) is 0 Å². The number of allylic oxidation sites excluding steroid dienone is 2. The standard InChI is InChI=1S/C6H8O2.K/c1-3-4-5(2)6(7)8;/h3-4H,1H2,2H3,(H,7,8);/q;+1/p-1/b5-4+;. The van der Waals surface area contributed by atoms with Crippen LogP contribution < -0.4 is 56.5 Å². The van der Waals surface area contributed by atoms with Gasteiger partial charge in [-0.25, -0.2) is 0 Å². The summed E-state index contributed by atoms with van der Waals surface area (Å²) < 4.78 is 0. The Balaban J connectivity index is 0. The third-order valence-corrected chi connectivity index (χ3v) is 0.690. The van der Waals surface area contributed by atoms with Gasteiger partial charge in [-0.2, -0.15) is 0 Å². The predicted octanol–water partition coefficient (Wildman–Crippen LogP) is -3.13. The van der Waals surface area contributed by atoms with Crippen LogP contribution >= 0.6 is 0 Å². The molecule has 0 unspecified atom stereocenters. The first-order valence-electron chi connectivity index (χ1n) is 2.19. The second-order valence-electron chi connectivity index (χ2n) is 1.37. The minimum atomic E-state index is -1.15. The van der Waals surface area contributed by atoms with Crippen LogP contribution in [-0.2, 0) is 4.79 Å². The number of carboxylic acids is 1. The first kappa shape index (κ1) is 12.3. The van der Waals surface area contributed by atoms with Gasteiger partial charge in [0.1, 0.15) is 0 Å². The largest absolute Gasteiger partial charge is 1.00 e. The van der Waals surface area contributed by atoms with Crippen LogP contribution in [0, 0.1) is 0 Å². The monoisotopic (exact) mass is 150 g/mol. The SMILES string of the molecule is C=C/C=C(\C)C(=O)[O-].[K+]. The molecule has 0 saturated heterocycles. The van der Waals surface area contributed by atoms with E-state index in [1.54, 1.807) is 0 Å². The zero-order chi connectivity index (χ0) is 6.57. The summed E-state index contributed by atoms with van der Waals surface area (Å²) in [5, 5.41) is 9.86. The first-order valence-corrected chi connectivity index (χ1v) is 2.19. The molecule has 0 aliphatic rings. The Morgan fingerprint density at radius 1 is 1.67 bits per heavy atom. The van der Waals surface area contributed by atoms with E-state index in [2.05, 4.69) is 6.58 Å². The fraction of sp³-hybridized carbons (Fsp3) is 0.167. The van der Waals surface area contributed by atoms with Gasteiger partial charge in [-0.3, -0.25) is 0 Å². The maximum Gasteiger partial charge on any atom is 1.00 e. The molecular formula is C6H7KO2. The van der Waals surface area contributed by atoms with Crippen LogP contribution in [0.25, 0.3) is 0 Å². The van der Waals surface area contributed by atoms with Crippen molar-refractivity contribution in [2.24, 2.45) is 0 Å². The molecule has 0 spiro atoms. The van der Waals surface area contributed by atoms with Crippen molar-refractivity contribution in [1.29, 1.82) is 0 Å². The predicted molar refractivity (Wildman–Crippen MR) is 29.0 cm³/mol. The van der Waals surface area contributed by atoms with Gasteiger partial charge < -0.3 is 9.90 Å². The van der Waals surface area contributed by atoms with Crippen molar-refractivity contribution in [3.05, 3.63) is 24.3 Å². The Labute approximate surface area is 97.1 Å². The number of carbonyl (C=O) groups is 1. The van der Waals surface area contributed by atoms with Gasteiger partial charge in [0.25, 0.3) is 0 Å². The summed E-state index contributed by atoms with van der Waals surface area (Å²) in [5.74, 6) is -1.15. The second-order valence-corrected chi connectivity index (χ2v) is 1.37. The third kappa shape index (κ3) is 6.47. The van der Waals surface area contributed by atoms with Crippen molar-refractivity contribution >= 4 is 5.97 Å². The van der Waals surface area contributed by atoms with Crippen LogP contribution in [-0.4, -0.2) is 5.97 Å². The molecule has 0 atom stereocenters. The van der Waals surface area contributed by atoms with Gasteiger partial charge in [0.15, 0.2) is 0 Å². The normalized spacial score (nSPS) is 9.67. The molecule has 9 heavy (non-hydrogen) atoms. The van der Waals surface area contributed by atoms with E-state index in [1.165, 1.54) is 19.1 Å². The molecule has 0 rings (SSSR count). The van der Waals surface area contributed by atoms with Gasteiger partial charge in [-0.1, -0.05) is 18.7 Å². The maximum absolute atomic E-state index is 9.86. The second kappa shape index (κ2) is 6.70. The quantitative estimate of drug-likeness (QED) is 0.237. The van der Waals surface area contributed by atoms with Crippen molar-refractivity contribution in [3.8, 4) is 0 Å². The average Bonchev–Trinajstić information content (AvgIpc) is 1.67. The van der Waals surface area contributed by atoms with Crippen molar-refractivity contribution in [2.45, 2.75) is 6.92 Å². The summed E-state index contributed by atoms with van der Waals surface area (Å²) in [4.78, 5) is 9.86. The fourth-order valence-electron chi connectivity index (χ4n) is 0.245. The minimum Gasteiger partial charge on any atom is -0.545 e. The van der Waals surface area contributed by atoms with Crippen molar-refractivity contribution in [1.82, 2.24) is 0 Å². The van der Waals surface area contributed by atoms with Crippen molar-refractivity contribution < 1.29 is 61.3 Å². The summed E-state index contributed by atoms with van der Waals surface area (Å²) in [7, 11) is 0. The fourth-order valence-corrected chi connectivity index (χ4v) is 0.245. The summed E-state index contributed by atoms with van der Waals surface area (Å²) in [5.41, 5.74) is 0.194. The summed E-state index contributed by atoms with van der Waals surface area (Å²) >= 11 is 0. The number of carboxylic acid groups (broad SMARTS) is 1. The number of hydrogen-bond acceptors (Lipinski definition) is 2. The zero-order valence-corrected chi connectivity index (χ0v) is 8.80. The number of hydrogen-bond donors (Lipinski definition) is 0. The van der Waals surface area contributed by atoms with E-state index in [0.717, 1.165) is 0 Å². The molecule has 2 nitrogen and oxygen atoms in total. The van der Waals surface area contributed by atoms with E-state index in [0.29, 0.717) is 0 Å². The van der Waals surface area contributed by atoms with Crippen LogP contribution in [0.3, 0.4) is 0 Å². The smallest absolute Gasteiger partial charge is 0.545 e. The van der Waals surface area contributed by atoms with E-state index in [-0.39, 0.29) is 57.0 Å². The first-order chi connectivity index (χ1) is 3.68. The Morgan fingerprint density at radius 2 is 2.11 bits per heavy atom. The van der Waals surface area contributed by atoms with Crippen LogP contribution in [0.4, 0.5) is 0 Å². The van der Waals surface area contributed by atoms with Crippen LogP contribution in [0.5, 0.6) is 0 Å². The molecule has 0 N–H and O–H groups in total. The molecule has 44 valence electrons.